The van der Waals surface area contributed by atoms with Crippen LogP contribution in [0.25, 0.3) is 0 Å². The fourth-order valence-electron chi connectivity index (χ4n) is 3.24. The molecule has 1 aliphatic rings. The molecule has 0 aliphatic heterocycles. The zero-order chi connectivity index (χ0) is 21.0. The van der Waals surface area contributed by atoms with Crippen molar-refractivity contribution in [2.75, 3.05) is 17.3 Å². The molecule has 0 saturated carbocycles. The average molecular weight is 454 g/mol. The van der Waals surface area contributed by atoms with Gasteiger partial charge in [-0.15, -0.1) is 11.3 Å². The maximum absolute atomic E-state index is 12.9. The lowest BCUT2D eigenvalue weighted by atomic mass is 9.93. The lowest BCUT2D eigenvalue weighted by Crippen LogP contribution is -2.44. The number of amides is 1. The minimum Gasteiger partial charge on any atom is -0.301 e. The number of aryl methyl sites for hydroxylation is 2. The van der Waals surface area contributed by atoms with Crippen LogP contribution in [0.5, 0.6) is 0 Å². The predicted octanol–water partition coefficient (Wildman–Crippen LogP) is 3.62. The highest BCUT2D eigenvalue weighted by Gasteiger charge is 2.27. The van der Waals surface area contributed by atoms with Gasteiger partial charge in [-0.3, -0.25) is 4.79 Å². The minimum absolute atomic E-state index is 0.156. The Balaban J connectivity index is 1.74. The summed E-state index contributed by atoms with van der Waals surface area (Å²) in [5, 5.41) is 3.39. The van der Waals surface area contributed by atoms with E-state index in [1.54, 1.807) is 36.0 Å². The molecule has 1 heterocycles. The molecule has 0 fully saturated rings. The number of aromatic nitrogens is 1. The highest BCUT2D eigenvalue weighted by molar-refractivity contribution is 7.98. The Hall–Kier alpha value is -1.42. The van der Waals surface area contributed by atoms with E-state index in [1.807, 2.05) is 13.2 Å². The van der Waals surface area contributed by atoms with Crippen LogP contribution >= 0.6 is 23.1 Å². The van der Waals surface area contributed by atoms with E-state index in [1.165, 1.54) is 16.2 Å². The summed E-state index contributed by atoms with van der Waals surface area (Å²) in [5.74, 6) is 0.927. The first kappa shape index (κ1) is 22.3. The standard InChI is InChI=1S/C20H27N3O3S3/c1-13-4-7-15(8-5-13)29(25,26)23-17(10-11-27-3)19(24)22-20-21-16-9-6-14(2)12-18(16)28-20/h4-5,7-8,14,17,23H,6,9-12H2,1-3H3,(H,21,22,24). The summed E-state index contributed by atoms with van der Waals surface area (Å²) in [4.78, 5) is 18.8. The molecule has 6 nitrogen and oxygen atoms in total. The van der Waals surface area contributed by atoms with Crippen LogP contribution in [0.15, 0.2) is 29.2 Å². The van der Waals surface area contributed by atoms with Crippen LogP contribution in [-0.4, -0.2) is 37.4 Å². The average Bonchev–Trinajstić information content (AvgIpc) is 3.06. The highest BCUT2D eigenvalue weighted by Crippen LogP contribution is 2.32. The van der Waals surface area contributed by atoms with Gasteiger partial charge in [0.1, 0.15) is 6.04 Å². The fraction of sp³-hybridized carbons (Fsp3) is 0.500. The van der Waals surface area contributed by atoms with E-state index in [2.05, 4.69) is 21.9 Å². The topological polar surface area (TPSA) is 88.2 Å². The van der Waals surface area contributed by atoms with Crippen molar-refractivity contribution in [1.29, 1.82) is 0 Å². The zero-order valence-corrected chi connectivity index (χ0v) is 19.3. The van der Waals surface area contributed by atoms with Crippen LogP contribution in [0.1, 0.15) is 35.9 Å². The number of anilines is 1. The van der Waals surface area contributed by atoms with E-state index in [0.29, 0.717) is 23.2 Å². The number of hydrogen-bond acceptors (Lipinski definition) is 6. The predicted molar refractivity (Wildman–Crippen MR) is 120 cm³/mol. The summed E-state index contributed by atoms with van der Waals surface area (Å²) in [6.45, 7) is 4.12. The zero-order valence-electron chi connectivity index (χ0n) is 16.9. The SMILES string of the molecule is CSCCC(NS(=O)(=O)c1ccc(C)cc1)C(=O)Nc1nc2c(s1)CC(C)CC2. The second-order valence-corrected chi connectivity index (χ2v) is 11.3. The number of carbonyl (C=O) groups is 1. The van der Waals surface area contributed by atoms with Gasteiger partial charge in [-0.1, -0.05) is 24.6 Å². The van der Waals surface area contributed by atoms with E-state index in [-0.39, 0.29) is 10.8 Å². The third kappa shape index (κ3) is 5.81. The van der Waals surface area contributed by atoms with Crippen LogP contribution in [-0.2, 0) is 27.7 Å². The third-order valence-corrected chi connectivity index (χ3v) is 8.14. The number of fused-ring (bicyclic) bond motifs is 1. The Kier molecular flexibility index (Phi) is 7.37. The van der Waals surface area contributed by atoms with Gasteiger partial charge in [0.25, 0.3) is 0 Å². The molecule has 2 aromatic rings. The quantitative estimate of drug-likeness (QED) is 0.637. The molecule has 158 valence electrons. The van der Waals surface area contributed by atoms with Crippen molar-refractivity contribution in [2.24, 2.45) is 5.92 Å². The van der Waals surface area contributed by atoms with E-state index >= 15 is 0 Å². The van der Waals surface area contributed by atoms with Gasteiger partial charge in [0.2, 0.25) is 15.9 Å². The second kappa shape index (κ2) is 9.59. The Morgan fingerprint density at radius 2 is 2.07 bits per heavy atom. The van der Waals surface area contributed by atoms with Crippen molar-refractivity contribution in [2.45, 2.75) is 50.5 Å². The second-order valence-electron chi connectivity index (χ2n) is 7.49. The van der Waals surface area contributed by atoms with Gasteiger partial charge in [-0.05, 0) is 62.7 Å². The number of nitrogens with one attached hydrogen (secondary N) is 2. The van der Waals surface area contributed by atoms with Crippen molar-refractivity contribution in [3.63, 3.8) is 0 Å². The first-order valence-electron chi connectivity index (χ1n) is 9.66. The number of hydrogen-bond donors (Lipinski definition) is 2. The summed E-state index contributed by atoms with van der Waals surface area (Å²) in [5.41, 5.74) is 2.03. The Morgan fingerprint density at radius 3 is 2.76 bits per heavy atom. The smallest absolute Gasteiger partial charge is 0.244 e. The van der Waals surface area contributed by atoms with Crippen LogP contribution in [0.3, 0.4) is 0 Å². The van der Waals surface area contributed by atoms with E-state index < -0.39 is 16.1 Å². The van der Waals surface area contributed by atoms with Gasteiger partial charge in [0, 0.05) is 4.88 Å². The molecule has 0 spiro atoms. The minimum atomic E-state index is -3.79. The third-order valence-electron chi connectivity index (χ3n) is 4.97. The Bertz CT molecular complexity index is 955. The van der Waals surface area contributed by atoms with Gasteiger partial charge in [-0.2, -0.15) is 16.5 Å². The number of thioether (sulfide) groups is 1. The van der Waals surface area contributed by atoms with Crippen molar-refractivity contribution in [1.82, 2.24) is 9.71 Å². The molecule has 1 aromatic carbocycles. The van der Waals surface area contributed by atoms with Gasteiger partial charge < -0.3 is 5.32 Å². The molecular weight excluding hydrogens is 426 g/mol. The number of sulfonamides is 1. The van der Waals surface area contributed by atoms with E-state index in [4.69, 9.17) is 0 Å². The van der Waals surface area contributed by atoms with E-state index in [0.717, 1.165) is 30.5 Å². The highest BCUT2D eigenvalue weighted by atomic mass is 32.2. The van der Waals surface area contributed by atoms with Gasteiger partial charge in [0.15, 0.2) is 5.13 Å². The van der Waals surface area contributed by atoms with Gasteiger partial charge >= 0.3 is 0 Å². The largest absolute Gasteiger partial charge is 0.301 e. The number of rotatable bonds is 8. The van der Waals surface area contributed by atoms with Gasteiger partial charge in [-0.25, -0.2) is 13.4 Å². The lowest BCUT2D eigenvalue weighted by molar-refractivity contribution is -0.117. The Morgan fingerprint density at radius 1 is 1.34 bits per heavy atom. The molecule has 29 heavy (non-hydrogen) atoms. The van der Waals surface area contributed by atoms with Crippen LogP contribution in [0.4, 0.5) is 5.13 Å². The monoisotopic (exact) mass is 453 g/mol. The molecule has 1 amide bonds. The summed E-state index contributed by atoms with van der Waals surface area (Å²) >= 11 is 3.07. The molecule has 2 unspecified atom stereocenters. The lowest BCUT2D eigenvalue weighted by Gasteiger charge is -2.17. The maximum atomic E-state index is 12.9. The van der Waals surface area contributed by atoms with Crippen LogP contribution in [0, 0.1) is 12.8 Å². The van der Waals surface area contributed by atoms with Crippen LogP contribution in [0.2, 0.25) is 0 Å². The number of carbonyl (C=O) groups excluding carboxylic acids is 1. The normalized spacial score (nSPS) is 17.6. The van der Waals surface area contributed by atoms with Gasteiger partial charge in [0.05, 0.1) is 10.6 Å². The molecular formula is C20H27N3O3S3. The summed E-state index contributed by atoms with van der Waals surface area (Å²) < 4.78 is 28.1. The van der Waals surface area contributed by atoms with Crippen molar-refractivity contribution in [3.8, 4) is 0 Å². The van der Waals surface area contributed by atoms with Crippen molar-refractivity contribution < 1.29 is 13.2 Å². The molecule has 0 radical (unpaired) electrons. The Labute approximate surface area is 181 Å². The molecule has 2 atom stereocenters. The molecule has 3 rings (SSSR count). The van der Waals surface area contributed by atoms with Crippen molar-refractivity contribution >= 4 is 44.2 Å². The van der Waals surface area contributed by atoms with E-state index in [9.17, 15) is 13.2 Å². The molecule has 1 aromatic heterocycles. The number of thiazole rings is 1. The first-order valence-corrected chi connectivity index (χ1v) is 13.3. The summed E-state index contributed by atoms with van der Waals surface area (Å²) in [6, 6.07) is 5.74. The number of benzene rings is 1. The molecule has 2 N–H and O–H groups in total. The molecule has 0 saturated heterocycles. The summed E-state index contributed by atoms with van der Waals surface area (Å²) in [7, 11) is -3.79. The molecule has 0 bridgehead atoms. The fourth-order valence-corrected chi connectivity index (χ4v) is 6.11. The maximum Gasteiger partial charge on any atom is 0.244 e. The van der Waals surface area contributed by atoms with Crippen molar-refractivity contribution in [3.05, 3.63) is 40.4 Å². The molecule has 9 heteroatoms. The summed E-state index contributed by atoms with van der Waals surface area (Å²) in [6.07, 6.45) is 5.36. The number of nitrogens with zero attached hydrogens (tertiary/aromatic N) is 1. The first-order chi connectivity index (χ1) is 13.8. The molecule has 1 aliphatic carbocycles. The van der Waals surface area contributed by atoms with Crippen LogP contribution < -0.4 is 10.0 Å².